The standard InChI is InChI=1S/C14H15Cl2NO3/c15-8-5-6-12(11(16)7-8)17-13(18)9-3-1-2-4-10(9)14(19)20/h5-7,9-10H,1-4H2,(H,17,18)(H,19,20)/p-1. The third-order valence-electron chi connectivity index (χ3n) is 3.59. The number of anilines is 1. The van der Waals surface area contributed by atoms with Crippen LogP contribution < -0.4 is 10.4 Å². The molecule has 20 heavy (non-hydrogen) atoms. The number of hydrogen-bond acceptors (Lipinski definition) is 3. The highest BCUT2D eigenvalue weighted by atomic mass is 35.5. The first-order valence-corrected chi connectivity index (χ1v) is 7.21. The van der Waals surface area contributed by atoms with Crippen molar-refractivity contribution >= 4 is 40.8 Å². The van der Waals surface area contributed by atoms with Crippen molar-refractivity contribution in [3.8, 4) is 0 Å². The van der Waals surface area contributed by atoms with Crippen LogP contribution in [-0.2, 0) is 9.59 Å². The molecule has 1 aromatic carbocycles. The van der Waals surface area contributed by atoms with Gasteiger partial charge in [-0.15, -0.1) is 0 Å². The zero-order valence-electron chi connectivity index (χ0n) is 10.7. The molecule has 4 nitrogen and oxygen atoms in total. The fourth-order valence-electron chi connectivity index (χ4n) is 2.54. The average molecular weight is 315 g/mol. The zero-order valence-corrected chi connectivity index (χ0v) is 12.2. The second-order valence-corrected chi connectivity index (χ2v) is 5.77. The Morgan fingerprint density at radius 2 is 1.80 bits per heavy atom. The van der Waals surface area contributed by atoms with Crippen LogP contribution in [0.5, 0.6) is 0 Å². The van der Waals surface area contributed by atoms with E-state index in [9.17, 15) is 14.7 Å². The number of rotatable bonds is 3. The summed E-state index contributed by atoms with van der Waals surface area (Å²) in [6.07, 6.45) is 2.69. The van der Waals surface area contributed by atoms with E-state index in [0.29, 0.717) is 28.6 Å². The minimum atomic E-state index is -1.16. The number of hydrogen-bond donors (Lipinski definition) is 1. The highest BCUT2D eigenvalue weighted by Crippen LogP contribution is 2.32. The summed E-state index contributed by atoms with van der Waals surface area (Å²) in [6.45, 7) is 0. The summed E-state index contributed by atoms with van der Waals surface area (Å²) in [5, 5.41) is 14.6. The van der Waals surface area contributed by atoms with Gasteiger partial charge in [-0.05, 0) is 31.0 Å². The summed E-state index contributed by atoms with van der Waals surface area (Å²) in [7, 11) is 0. The molecule has 1 aliphatic carbocycles. The SMILES string of the molecule is O=C([O-])C1CCCCC1C(=O)Nc1ccc(Cl)cc1Cl. The van der Waals surface area contributed by atoms with Crippen LogP contribution in [0.25, 0.3) is 0 Å². The molecule has 1 amide bonds. The van der Waals surface area contributed by atoms with Gasteiger partial charge in [-0.2, -0.15) is 0 Å². The number of carbonyl (C=O) groups excluding carboxylic acids is 2. The smallest absolute Gasteiger partial charge is 0.228 e. The quantitative estimate of drug-likeness (QED) is 0.931. The topological polar surface area (TPSA) is 69.2 Å². The summed E-state index contributed by atoms with van der Waals surface area (Å²) in [5.74, 6) is -2.79. The molecule has 108 valence electrons. The third kappa shape index (κ3) is 3.44. The van der Waals surface area contributed by atoms with Gasteiger partial charge in [-0.1, -0.05) is 36.0 Å². The van der Waals surface area contributed by atoms with Crippen LogP contribution in [0.3, 0.4) is 0 Å². The van der Waals surface area contributed by atoms with Crippen LogP contribution in [0, 0.1) is 11.8 Å². The van der Waals surface area contributed by atoms with Crippen molar-refractivity contribution in [2.75, 3.05) is 5.32 Å². The Hall–Kier alpha value is -1.26. The number of aliphatic carboxylic acids is 1. The van der Waals surface area contributed by atoms with Gasteiger partial charge < -0.3 is 15.2 Å². The van der Waals surface area contributed by atoms with Crippen LogP contribution in [0.2, 0.25) is 10.0 Å². The molecule has 0 spiro atoms. The molecule has 1 aromatic rings. The van der Waals surface area contributed by atoms with E-state index in [1.165, 1.54) is 6.07 Å². The second-order valence-electron chi connectivity index (χ2n) is 4.93. The lowest BCUT2D eigenvalue weighted by molar-refractivity contribution is -0.313. The monoisotopic (exact) mass is 314 g/mol. The van der Waals surface area contributed by atoms with E-state index in [-0.39, 0.29) is 5.91 Å². The first kappa shape index (κ1) is 15.1. The van der Waals surface area contributed by atoms with Gasteiger partial charge in [0.2, 0.25) is 5.91 Å². The fourth-order valence-corrected chi connectivity index (χ4v) is 3.00. The van der Waals surface area contributed by atoms with E-state index < -0.39 is 17.8 Å². The number of carbonyl (C=O) groups is 2. The van der Waals surface area contributed by atoms with Crippen LogP contribution >= 0.6 is 23.2 Å². The molecule has 2 unspecified atom stereocenters. The Bertz CT molecular complexity index is 533. The van der Waals surface area contributed by atoms with Gasteiger partial charge in [-0.25, -0.2) is 0 Å². The molecule has 1 N–H and O–H groups in total. The number of carboxylic acid groups (broad SMARTS) is 1. The minimum Gasteiger partial charge on any atom is -0.550 e. The molecular weight excluding hydrogens is 301 g/mol. The summed E-state index contributed by atoms with van der Waals surface area (Å²) < 4.78 is 0. The van der Waals surface area contributed by atoms with Crippen molar-refractivity contribution in [3.05, 3.63) is 28.2 Å². The van der Waals surface area contributed by atoms with Crippen LogP contribution in [0.15, 0.2) is 18.2 Å². The summed E-state index contributed by atoms with van der Waals surface area (Å²) in [5.41, 5.74) is 0.434. The van der Waals surface area contributed by atoms with E-state index in [1.54, 1.807) is 12.1 Å². The number of carboxylic acids is 1. The van der Waals surface area contributed by atoms with Crippen LogP contribution in [0.4, 0.5) is 5.69 Å². The van der Waals surface area contributed by atoms with Crippen molar-refractivity contribution in [3.63, 3.8) is 0 Å². The number of halogens is 2. The molecule has 0 saturated heterocycles. The lowest BCUT2D eigenvalue weighted by Crippen LogP contribution is -2.42. The number of amides is 1. The Labute approximate surface area is 127 Å². The molecule has 0 bridgehead atoms. The average Bonchev–Trinajstić information content (AvgIpc) is 2.41. The molecule has 0 heterocycles. The van der Waals surface area contributed by atoms with E-state index in [1.807, 2.05) is 0 Å². The second kappa shape index (κ2) is 6.46. The molecule has 0 radical (unpaired) electrons. The van der Waals surface area contributed by atoms with Crippen molar-refractivity contribution in [2.24, 2.45) is 11.8 Å². The molecule has 2 atom stereocenters. The van der Waals surface area contributed by atoms with E-state index in [4.69, 9.17) is 23.2 Å². The van der Waals surface area contributed by atoms with Crippen molar-refractivity contribution in [2.45, 2.75) is 25.7 Å². The van der Waals surface area contributed by atoms with E-state index in [2.05, 4.69) is 5.32 Å². The first-order chi connectivity index (χ1) is 9.49. The lowest BCUT2D eigenvalue weighted by Gasteiger charge is -2.31. The molecular formula is C14H14Cl2NO3-. The summed E-state index contributed by atoms with van der Waals surface area (Å²) >= 11 is 11.8. The predicted molar refractivity (Wildman–Crippen MR) is 75.5 cm³/mol. The maximum atomic E-state index is 12.2. The van der Waals surface area contributed by atoms with E-state index in [0.717, 1.165) is 12.8 Å². The molecule has 1 aliphatic rings. The highest BCUT2D eigenvalue weighted by molar-refractivity contribution is 6.36. The summed E-state index contributed by atoms with van der Waals surface area (Å²) in [6, 6.07) is 4.73. The van der Waals surface area contributed by atoms with Crippen molar-refractivity contribution in [1.29, 1.82) is 0 Å². The minimum absolute atomic E-state index is 0.326. The summed E-state index contributed by atoms with van der Waals surface area (Å²) in [4.78, 5) is 23.3. The van der Waals surface area contributed by atoms with Gasteiger partial charge in [-0.3, -0.25) is 4.79 Å². The molecule has 0 aromatic heterocycles. The molecule has 1 saturated carbocycles. The van der Waals surface area contributed by atoms with Crippen molar-refractivity contribution in [1.82, 2.24) is 0 Å². The van der Waals surface area contributed by atoms with Gasteiger partial charge in [0.1, 0.15) is 0 Å². The van der Waals surface area contributed by atoms with Gasteiger partial charge >= 0.3 is 0 Å². The Kier molecular flexibility index (Phi) is 4.89. The highest BCUT2D eigenvalue weighted by Gasteiger charge is 2.31. The lowest BCUT2D eigenvalue weighted by atomic mass is 9.78. The van der Waals surface area contributed by atoms with Gasteiger partial charge in [0, 0.05) is 22.8 Å². The van der Waals surface area contributed by atoms with E-state index >= 15 is 0 Å². The van der Waals surface area contributed by atoms with Crippen molar-refractivity contribution < 1.29 is 14.7 Å². The molecule has 2 rings (SSSR count). The molecule has 1 fully saturated rings. The largest absolute Gasteiger partial charge is 0.550 e. The maximum absolute atomic E-state index is 12.2. The Morgan fingerprint density at radius 3 is 2.40 bits per heavy atom. The number of benzene rings is 1. The third-order valence-corrected chi connectivity index (χ3v) is 4.14. The Morgan fingerprint density at radius 1 is 1.15 bits per heavy atom. The first-order valence-electron chi connectivity index (χ1n) is 6.46. The van der Waals surface area contributed by atoms with Gasteiger partial charge in [0.25, 0.3) is 0 Å². The fraction of sp³-hybridized carbons (Fsp3) is 0.429. The van der Waals surface area contributed by atoms with Gasteiger partial charge in [0.15, 0.2) is 0 Å². The molecule has 0 aliphatic heterocycles. The van der Waals surface area contributed by atoms with Crippen LogP contribution in [0.1, 0.15) is 25.7 Å². The zero-order chi connectivity index (χ0) is 14.7. The molecule has 6 heteroatoms. The van der Waals surface area contributed by atoms with Gasteiger partial charge in [0.05, 0.1) is 10.7 Å². The van der Waals surface area contributed by atoms with Crippen LogP contribution in [-0.4, -0.2) is 11.9 Å². The maximum Gasteiger partial charge on any atom is 0.228 e. The predicted octanol–water partition coefficient (Wildman–Crippen LogP) is 2.49. The number of nitrogens with one attached hydrogen (secondary N) is 1. The normalized spacial score (nSPS) is 22.3. The Balaban J connectivity index is 2.12.